The molecule has 0 saturated carbocycles. The van der Waals surface area contributed by atoms with Crippen LogP contribution in [0.15, 0.2) is 23.1 Å². The number of benzene rings is 1. The summed E-state index contributed by atoms with van der Waals surface area (Å²) in [5.74, 6) is -0.559. The molecule has 0 aliphatic carbocycles. The van der Waals surface area contributed by atoms with E-state index in [4.69, 9.17) is 11.6 Å². The fourth-order valence-corrected chi connectivity index (χ4v) is 3.63. The number of halogens is 2. The lowest BCUT2D eigenvalue weighted by Gasteiger charge is -2.16. The molecule has 1 aliphatic heterocycles. The quantitative estimate of drug-likeness (QED) is 0.796. The molecule has 0 radical (unpaired) electrons. The Morgan fingerprint density at radius 2 is 1.94 bits per heavy atom. The predicted octanol–water partition coefficient (Wildman–Crippen LogP) is 2.35. The molecule has 0 unspecified atom stereocenters. The molecule has 0 bridgehead atoms. The molecular weight excluding hydrogens is 265 g/mol. The van der Waals surface area contributed by atoms with Gasteiger partial charge in [-0.1, -0.05) is 6.07 Å². The Labute approximate surface area is 105 Å². The Kier molecular flexibility index (Phi) is 3.70. The van der Waals surface area contributed by atoms with Crippen molar-refractivity contribution in [2.75, 3.05) is 13.1 Å². The van der Waals surface area contributed by atoms with Crippen LogP contribution in [0, 0.1) is 5.82 Å². The normalized spacial score (nSPS) is 17.5. The van der Waals surface area contributed by atoms with Gasteiger partial charge in [0.15, 0.2) is 0 Å². The Hall–Kier alpha value is -0.650. The molecule has 0 atom stereocenters. The summed E-state index contributed by atoms with van der Waals surface area (Å²) in [7, 11) is -3.68. The summed E-state index contributed by atoms with van der Waals surface area (Å²) >= 11 is 5.57. The van der Waals surface area contributed by atoms with Crippen molar-refractivity contribution in [3.8, 4) is 0 Å². The van der Waals surface area contributed by atoms with E-state index < -0.39 is 15.8 Å². The van der Waals surface area contributed by atoms with Gasteiger partial charge in [-0.3, -0.25) is 0 Å². The van der Waals surface area contributed by atoms with Gasteiger partial charge in [-0.25, -0.2) is 12.8 Å². The first kappa shape index (κ1) is 12.8. The maximum Gasteiger partial charge on any atom is 0.245 e. The van der Waals surface area contributed by atoms with Crippen molar-refractivity contribution in [2.24, 2.45) is 0 Å². The lowest BCUT2D eigenvalue weighted by molar-refractivity contribution is 0.469. The molecule has 1 fully saturated rings. The largest absolute Gasteiger partial charge is 0.245 e. The molecule has 0 amide bonds. The Morgan fingerprint density at radius 1 is 1.29 bits per heavy atom. The fourth-order valence-electron chi connectivity index (χ4n) is 1.90. The summed E-state index contributed by atoms with van der Waals surface area (Å²) < 4.78 is 39.3. The molecule has 0 N–H and O–H groups in total. The molecule has 1 aromatic rings. The van der Waals surface area contributed by atoms with E-state index in [0.29, 0.717) is 18.7 Å². The summed E-state index contributed by atoms with van der Waals surface area (Å²) in [4.78, 5) is -0.256. The zero-order valence-electron chi connectivity index (χ0n) is 9.20. The number of rotatable bonds is 3. The Balaban J connectivity index is 2.39. The fraction of sp³-hybridized carbons (Fsp3) is 0.455. The minimum Gasteiger partial charge on any atom is -0.207 e. The van der Waals surface area contributed by atoms with E-state index >= 15 is 0 Å². The number of hydrogen-bond donors (Lipinski definition) is 0. The van der Waals surface area contributed by atoms with Crippen LogP contribution in [-0.4, -0.2) is 25.8 Å². The molecule has 0 aromatic heterocycles. The topological polar surface area (TPSA) is 37.4 Å². The second-order valence-corrected chi connectivity index (χ2v) is 6.18. The van der Waals surface area contributed by atoms with E-state index in [-0.39, 0.29) is 10.8 Å². The molecule has 3 nitrogen and oxygen atoms in total. The molecule has 17 heavy (non-hydrogen) atoms. The molecule has 1 aromatic carbocycles. The lowest BCUT2D eigenvalue weighted by atomic mass is 10.2. The third-order valence-corrected chi connectivity index (χ3v) is 5.07. The zero-order valence-corrected chi connectivity index (χ0v) is 10.8. The van der Waals surface area contributed by atoms with Gasteiger partial charge in [-0.05, 0) is 30.5 Å². The van der Waals surface area contributed by atoms with Crippen molar-refractivity contribution in [1.29, 1.82) is 0 Å². The first-order valence-electron chi connectivity index (χ1n) is 5.40. The Bertz CT molecular complexity index is 512. The minimum absolute atomic E-state index is 0.168. The van der Waals surface area contributed by atoms with Crippen molar-refractivity contribution in [1.82, 2.24) is 4.31 Å². The lowest BCUT2D eigenvalue weighted by Crippen LogP contribution is -2.28. The predicted molar refractivity (Wildman–Crippen MR) is 63.9 cm³/mol. The average Bonchev–Trinajstić information content (AvgIpc) is 2.82. The maximum absolute atomic E-state index is 13.7. The van der Waals surface area contributed by atoms with Crippen LogP contribution in [0.1, 0.15) is 18.4 Å². The van der Waals surface area contributed by atoms with Gasteiger partial charge in [0.25, 0.3) is 0 Å². The number of sulfonamides is 1. The van der Waals surface area contributed by atoms with E-state index in [2.05, 4.69) is 0 Å². The van der Waals surface area contributed by atoms with Crippen molar-refractivity contribution in [3.05, 3.63) is 29.6 Å². The monoisotopic (exact) mass is 277 g/mol. The number of hydrogen-bond acceptors (Lipinski definition) is 2. The van der Waals surface area contributed by atoms with Gasteiger partial charge >= 0.3 is 0 Å². The summed E-state index contributed by atoms with van der Waals surface area (Å²) in [6.07, 6.45) is 1.67. The maximum atomic E-state index is 13.7. The SMILES string of the molecule is O=S(=O)(c1ccc(CCl)cc1F)N1CCCC1. The van der Waals surface area contributed by atoms with E-state index in [9.17, 15) is 12.8 Å². The van der Waals surface area contributed by atoms with Crippen LogP contribution in [-0.2, 0) is 15.9 Å². The van der Waals surface area contributed by atoms with Gasteiger partial charge in [0, 0.05) is 19.0 Å². The van der Waals surface area contributed by atoms with E-state index in [0.717, 1.165) is 12.8 Å². The second-order valence-electron chi connectivity index (χ2n) is 4.01. The van der Waals surface area contributed by atoms with Gasteiger partial charge in [-0.2, -0.15) is 4.31 Å². The highest BCUT2D eigenvalue weighted by atomic mass is 35.5. The highest BCUT2D eigenvalue weighted by Crippen LogP contribution is 2.24. The van der Waals surface area contributed by atoms with Gasteiger partial charge in [0.1, 0.15) is 10.7 Å². The van der Waals surface area contributed by atoms with Crippen molar-refractivity contribution in [2.45, 2.75) is 23.6 Å². The van der Waals surface area contributed by atoms with Crippen LogP contribution < -0.4 is 0 Å². The van der Waals surface area contributed by atoms with Crippen LogP contribution in [0.4, 0.5) is 4.39 Å². The third kappa shape index (κ3) is 2.46. The van der Waals surface area contributed by atoms with Crippen LogP contribution in [0.2, 0.25) is 0 Å². The van der Waals surface area contributed by atoms with Gasteiger partial charge < -0.3 is 0 Å². The summed E-state index contributed by atoms with van der Waals surface area (Å²) in [5, 5.41) is 0. The summed E-state index contributed by atoms with van der Waals surface area (Å²) in [6.45, 7) is 0.943. The molecule has 1 saturated heterocycles. The van der Waals surface area contributed by atoms with Crippen molar-refractivity contribution < 1.29 is 12.8 Å². The molecule has 1 heterocycles. The minimum atomic E-state index is -3.68. The number of nitrogens with zero attached hydrogens (tertiary/aromatic N) is 1. The van der Waals surface area contributed by atoms with Crippen molar-refractivity contribution >= 4 is 21.6 Å². The van der Waals surface area contributed by atoms with Crippen LogP contribution in [0.25, 0.3) is 0 Å². The summed E-state index contributed by atoms with van der Waals surface area (Å²) in [6, 6.07) is 4.01. The molecule has 94 valence electrons. The average molecular weight is 278 g/mol. The second kappa shape index (κ2) is 4.92. The van der Waals surface area contributed by atoms with Crippen LogP contribution >= 0.6 is 11.6 Å². The van der Waals surface area contributed by atoms with Crippen LogP contribution in [0.5, 0.6) is 0 Å². The Morgan fingerprint density at radius 3 is 2.47 bits per heavy atom. The number of alkyl halides is 1. The van der Waals surface area contributed by atoms with E-state index in [1.165, 1.54) is 16.4 Å². The first-order valence-corrected chi connectivity index (χ1v) is 7.37. The van der Waals surface area contributed by atoms with E-state index in [1.807, 2.05) is 0 Å². The first-order chi connectivity index (χ1) is 8.05. The van der Waals surface area contributed by atoms with Crippen LogP contribution in [0.3, 0.4) is 0 Å². The highest BCUT2D eigenvalue weighted by Gasteiger charge is 2.29. The third-order valence-electron chi connectivity index (χ3n) is 2.83. The van der Waals surface area contributed by atoms with Crippen molar-refractivity contribution in [3.63, 3.8) is 0 Å². The molecule has 1 aliphatic rings. The highest BCUT2D eigenvalue weighted by molar-refractivity contribution is 7.89. The zero-order chi connectivity index (χ0) is 12.5. The molecule has 6 heteroatoms. The standard InChI is InChI=1S/C11H13ClFNO2S/c12-8-9-3-4-11(10(13)7-9)17(15,16)14-5-1-2-6-14/h3-4,7H,1-2,5-6,8H2. The van der Waals surface area contributed by atoms with E-state index in [1.54, 1.807) is 6.07 Å². The molecular formula is C11H13ClFNO2S. The molecule has 2 rings (SSSR count). The molecule has 0 spiro atoms. The van der Waals surface area contributed by atoms with Gasteiger partial charge in [-0.15, -0.1) is 11.6 Å². The summed E-state index contributed by atoms with van der Waals surface area (Å²) in [5.41, 5.74) is 0.574. The van der Waals surface area contributed by atoms with Gasteiger partial charge in [0.05, 0.1) is 0 Å². The van der Waals surface area contributed by atoms with Gasteiger partial charge in [0.2, 0.25) is 10.0 Å². The smallest absolute Gasteiger partial charge is 0.207 e.